The standard InChI is InChI=1S/C25H27FN4O5S/c1-34-15-4-5-18-16(8-15)22(17(26)10-28-18)24(33)23(32)19-6-2-14(11-35-19)27-9-13-3-7-20-25(29-13)30-21(31)12-36-20/h3-5,7-8,10,14,19,23-24,27,32-33H,2,6,9,11-12H2,1H3,(H,29,30,31)/t14-,19+,23-,24-/m1/s1. The Hall–Kier alpha value is -2.83. The van der Waals surface area contributed by atoms with E-state index in [1.165, 1.54) is 18.9 Å². The number of rotatable bonds is 7. The van der Waals surface area contributed by atoms with Crippen LogP contribution in [-0.4, -0.2) is 63.8 Å². The van der Waals surface area contributed by atoms with E-state index >= 15 is 0 Å². The molecule has 1 saturated heterocycles. The second-order valence-corrected chi connectivity index (χ2v) is 9.87. The molecule has 0 unspecified atom stereocenters. The fourth-order valence-corrected chi connectivity index (χ4v) is 5.28. The minimum Gasteiger partial charge on any atom is -0.497 e. The lowest BCUT2D eigenvalue weighted by molar-refractivity contribution is -0.114. The highest BCUT2D eigenvalue weighted by Gasteiger charge is 2.34. The number of nitrogens with zero attached hydrogens (tertiary/aromatic N) is 2. The molecule has 36 heavy (non-hydrogen) atoms. The number of ether oxygens (including phenoxy) is 2. The summed E-state index contributed by atoms with van der Waals surface area (Å²) in [6, 6.07) is 8.87. The average Bonchev–Trinajstić information content (AvgIpc) is 2.90. The number of thioether (sulfide) groups is 1. The van der Waals surface area contributed by atoms with E-state index in [1.54, 1.807) is 18.2 Å². The number of aliphatic hydroxyl groups excluding tert-OH is 2. The first kappa shape index (κ1) is 24.8. The van der Waals surface area contributed by atoms with Crippen LogP contribution in [0.2, 0.25) is 0 Å². The van der Waals surface area contributed by atoms with Crippen LogP contribution in [0.5, 0.6) is 5.75 Å². The van der Waals surface area contributed by atoms with Crippen molar-refractivity contribution in [2.45, 2.75) is 48.6 Å². The molecule has 0 radical (unpaired) electrons. The van der Waals surface area contributed by atoms with E-state index in [2.05, 4.69) is 20.6 Å². The molecule has 11 heteroatoms. The fourth-order valence-electron chi connectivity index (χ4n) is 4.52. The van der Waals surface area contributed by atoms with Gasteiger partial charge in [0.05, 0.1) is 47.9 Å². The lowest BCUT2D eigenvalue weighted by Crippen LogP contribution is -2.45. The molecule has 1 amide bonds. The Morgan fingerprint density at radius 1 is 1.31 bits per heavy atom. The third-order valence-electron chi connectivity index (χ3n) is 6.48. The number of carbonyl (C=O) groups is 1. The Labute approximate surface area is 211 Å². The van der Waals surface area contributed by atoms with Crippen LogP contribution in [0.25, 0.3) is 10.9 Å². The van der Waals surface area contributed by atoms with E-state index in [1.807, 2.05) is 12.1 Å². The number of hydrogen-bond donors (Lipinski definition) is 4. The summed E-state index contributed by atoms with van der Waals surface area (Å²) in [5, 5.41) is 28.4. The Morgan fingerprint density at radius 2 is 2.17 bits per heavy atom. The van der Waals surface area contributed by atoms with Gasteiger partial charge in [0.2, 0.25) is 5.91 Å². The summed E-state index contributed by atoms with van der Waals surface area (Å²) in [5.74, 6) is 0.712. The zero-order chi connectivity index (χ0) is 25.2. The predicted molar refractivity (Wildman–Crippen MR) is 132 cm³/mol. The minimum absolute atomic E-state index is 0.0233. The van der Waals surface area contributed by atoms with Crippen molar-refractivity contribution in [3.8, 4) is 5.75 Å². The number of amides is 1. The van der Waals surface area contributed by atoms with Gasteiger partial charge in [-0.2, -0.15) is 0 Å². The molecule has 4 heterocycles. The van der Waals surface area contributed by atoms with Gasteiger partial charge < -0.3 is 30.3 Å². The maximum atomic E-state index is 14.7. The van der Waals surface area contributed by atoms with Gasteiger partial charge in [0.15, 0.2) is 0 Å². The molecule has 1 aromatic carbocycles. The molecule has 0 spiro atoms. The number of carbonyl (C=O) groups excluding carboxylic acids is 1. The Morgan fingerprint density at radius 3 is 2.94 bits per heavy atom. The number of benzene rings is 1. The fraction of sp³-hybridized carbons (Fsp3) is 0.400. The molecule has 4 atom stereocenters. The smallest absolute Gasteiger partial charge is 0.235 e. The molecule has 2 aromatic heterocycles. The summed E-state index contributed by atoms with van der Waals surface area (Å²) >= 11 is 1.47. The van der Waals surface area contributed by atoms with Gasteiger partial charge in [0.25, 0.3) is 0 Å². The van der Waals surface area contributed by atoms with Crippen LogP contribution in [0, 0.1) is 5.82 Å². The molecular weight excluding hydrogens is 487 g/mol. The molecular formula is C25H27FN4O5S. The van der Waals surface area contributed by atoms with Crippen molar-refractivity contribution in [2.75, 3.05) is 24.8 Å². The molecule has 0 bridgehead atoms. The van der Waals surface area contributed by atoms with E-state index in [4.69, 9.17) is 9.47 Å². The summed E-state index contributed by atoms with van der Waals surface area (Å²) in [6.07, 6.45) is -1.25. The van der Waals surface area contributed by atoms with Crippen LogP contribution in [0.4, 0.5) is 10.2 Å². The monoisotopic (exact) mass is 514 g/mol. The molecule has 9 nitrogen and oxygen atoms in total. The summed E-state index contributed by atoms with van der Waals surface area (Å²) in [7, 11) is 1.50. The van der Waals surface area contributed by atoms with Crippen LogP contribution in [0.3, 0.4) is 0 Å². The number of hydrogen-bond acceptors (Lipinski definition) is 9. The van der Waals surface area contributed by atoms with Crippen molar-refractivity contribution >= 4 is 34.4 Å². The van der Waals surface area contributed by atoms with Gasteiger partial charge in [-0.3, -0.25) is 9.78 Å². The number of halogens is 1. The first-order valence-corrected chi connectivity index (χ1v) is 12.7. The number of aliphatic hydroxyl groups is 2. The van der Waals surface area contributed by atoms with Crippen molar-refractivity contribution in [3.63, 3.8) is 0 Å². The second-order valence-electron chi connectivity index (χ2n) is 8.85. The second kappa shape index (κ2) is 10.7. The SMILES string of the molecule is COc1ccc2ncc(F)c([C@@H](O)[C@H](O)[C@@H]3CC[C@@H](NCc4ccc5c(n4)NC(=O)CS5)CO3)c2c1. The summed E-state index contributed by atoms with van der Waals surface area (Å²) < 4.78 is 25.8. The van der Waals surface area contributed by atoms with Gasteiger partial charge in [-0.05, 0) is 43.2 Å². The van der Waals surface area contributed by atoms with Gasteiger partial charge in [-0.25, -0.2) is 9.37 Å². The normalized spacial score (nSPS) is 21.5. The minimum atomic E-state index is -1.50. The van der Waals surface area contributed by atoms with Gasteiger partial charge in [0.1, 0.15) is 29.6 Å². The van der Waals surface area contributed by atoms with Crippen molar-refractivity contribution < 1.29 is 28.9 Å². The molecule has 190 valence electrons. The highest BCUT2D eigenvalue weighted by Crippen LogP contribution is 2.33. The molecule has 1 fully saturated rings. The summed E-state index contributed by atoms with van der Waals surface area (Å²) in [4.78, 5) is 21.1. The number of nitrogens with one attached hydrogen (secondary N) is 2. The zero-order valence-electron chi connectivity index (χ0n) is 19.6. The molecule has 3 aromatic rings. The lowest BCUT2D eigenvalue weighted by Gasteiger charge is -2.34. The topological polar surface area (TPSA) is 126 Å². The van der Waals surface area contributed by atoms with E-state index in [0.717, 1.165) is 16.8 Å². The third kappa shape index (κ3) is 5.16. The van der Waals surface area contributed by atoms with Gasteiger partial charge >= 0.3 is 0 Å². The first-order valence-electron chi connectivity index (χ1n) is 11.7. The van der Waals surface area contributed by atoms with Crippen molar-refractivity contribution in [1.82, 2.24) is 15.3 Å². The molecule has 0 aliphatic carbocycles. The largest absolute Gasteiger partial charge is 0.497 e. The Bertz CT molecular complexity index is 1270. The maximum absolute atomic E-state index is 14.7. The van der Waals surface area contributed by atoms with Crippen LogP contribution >= 0.6 is 11.8 Å². The number of fused-ring (bicyclic) bond motifs is 2. The summed E-state index contributed by atoms with van der Waals surface area (Å²) in [5.41, 5.74) is 1.25. The molecule has 5 rings (SSSR count). The van der Waals surface area contributed by atoms with E-state index in [-0.39, 0.29) is 17.5 Å². The maximum Gasteiger partial charge on any atom is 0.235 e. The molecule has 2 aliphatic heterocycles. The molecule has 2 aliphatic rings. The average molecular weight is 515 g/mol. The first-order chi connectivity index (χ1) is 17.4. The van der Waals surface area contributed by atoms with Crippen LogP contribution in [-0.2, 0) is 16.1 Å². The predicted octanol–water partition coefficient (Wildman–Crippen LogP) is 2.55. The number of anilines is 1. The summed E-state index contributed by atoms with van der Waals surface area (Å²) in [6.45, 7) is 0.813. The van der Waals surface area contributed by atoms with Gasteiger partial charge in [-0.15, -0.1) is 11.8 Å². The Kier molecular flexibility index (Phi) is 7.35. The van der Waals surface area contributed by atoms with Gasteiger partial charge in [0, 0.05) is 23.5 Å². The van der Waals surface area contributed by atoms with Crippen molar-refractivity contribution in [3.05, 3.63) is 53.6 Å². The zero-order valence-corrected chi connectivity index (χ0v) is 20.4. The highest BCUT2D eigenvalue weighted by atomic mass is 32.2. The highest BCUT2D eigenvalue weighted by molar-refractivity contribution is 8.00. The molecule has 4 N–H and O–H groups in total. The van der Waals surface area contributed by atoms with E-state index < -0.39 is 24.1 Å². The van der Waals surface area contributed by atoms with Crippen LogP contribution in [0.15, 0.2) is 41.4 Å². The third-order valence-corrected chi connectivity index (χ3v) is 7.53. The number of pyridine rings is 2. The van der Waals surface area contributed by atoms with Crippen molar-refractivity contribution in [2.24, 2.45) is 0 Å². The van der Waals surface area contributed by atoms with Gasteiger partial charge in [-0.1, -0.05) is 0 Å². The number of aromatic nitrogens is 2. The van der Waals surface area contributed by atoms with Crippen LogP contribution in [0.1, 0.15) is 30.2 Å². The molecule has 0 saturated carbocycles. The lowest BCUT2D eigenvalue weighted by atomic mass is 9.92. The van der Waals surface area contributed by atoms with Crippen molar-refractivity contribution in [1.29, 1.82) is 0 Å². The van der Waals surface area contributed by atoms with E-state index in [9.17, 15) is 19.4 Å². The quantitative estimate of drug-likeness (QED) is 0.376. The Balaban J connectivity index is 1.20. The van der Waals surface area contributed by atoms with Crippen LogP contribution < -0.4 is 15.4 Å². The van der Waals surface area contributed by atoms with E-state index in [0.29, 0.717) is 54.2 Å². The number of methoxy groups -OCH3 is 1.